The van der Waals surface area contributed by atoms with E-state index in [4.69, 9.17) is 17.4 Å². The first-order valence-electron chi connectivity index (χ1n) is 5.74. The maximum absolute atomic E-state index is 13.3. The molecule has 0 bridgehead atoms. The van der Waals surface area contributed by atoms with Crippen LogP contribution in [0.25, 0.3) is 0 Å². The first kappa shape index (κ1) is 14.4. The van der Waals surface area contributed by atoms with Gasteiger partial charge in [-0.25, -0.2) is 4.39 Å². The second kappa shape index (κ2) is 5.80. The molecule has 0 heterocycles. The molecule has 1 atom stereocenters. The van der Waals surface area contributed by atoms with Crippen molar-refractivity contribution < 1.29 is 4.39 Å². The summed E-state index contributed by atoms with van der Waals surface area (Å²) in [6.45, 7) is 6.51. The quantitative estimate of drug-likeness (QED) is 0.637. The summed E-state index contributed by atoms with van der Waals surface area (Å²) in [4.78, 5) is 0. The van der Waals surface area contributed by atoms with Crippen LogP contribution in [-0.2, 0) is 0 Å². The summed E-state index contributed by atoms with van der Waals surface area (Å²) in [6, 6.07) is 4.77. The fraction of sp³-hybridized carbons (Fsp3) is 0.538. The second-order valence-electron chi connectivity index (χ2n) is 5.49. The molecule has 0 spiro atoms. The summed E-state index contributed by atoms with van der Waals surface area (Å²) in [5, 5.41) is 0.139. The summed E-state index contributed by atoms with van der Waals surface area (Å²) in [7, 11) is 0. The second-order valence-corrected chi connectivity index (χ2v) is 5.90. The van der Waals surface area contributed by atoms with Crippen molar-refractivity contribution >= 4 is 11.6 Å². The minimum absolute atomic E-state index is 0.0407. The summed E-state index contributed by atoms with van der Waals surface area (Å²) < 4.78 is 13.3. The van der Waals surface area contributed by atoms with Gasteiger partial charge in [0.2, 0.25) is 0 Å². The third-order valence-electron chi connectivity index (χ3n) is 2.73. The molecular formula is C13H20ClFN2. The van der Waals surface area contributed by atoms with E-state index in [1.165, 1.54) is 6.07 Å². The number of nitrogens with one attached hydrogen (secondary N) is 1. The van der Waals surface area contributed by atoms with Gasteiger partial charge in [-0.3, -0.25) is 11.3 Å². The predicted octanol–water partition coefficient (Wildman–Crippen LogP) is 3.81. The van der Waals surface area contributed by atoms with Crippen LogP contribution in [0.2, 0.25) is 5.02 Å². The molecule has 1 unspecified atom stereocenters. The first-order chi connectivity index (χ1) is 7.83. The molecule has 0 aliphatic carbocycles. The van der Waals surface area contributed by atoms with Crippen molar-refractivity contribution in [2.75, 3.05) is 0 Å². The van der Waals surface area contributed by atoms with E-state index < -0.39 is 5.82 Å². The van der Waals surface area contributed by atoms with Crippen molar-refractivity contribution in [1.82, 2.24) is 5.43 Å². The van der Waals surface area contributed by atoms with E-state index in [2.05, 4.69) is 26.2 Å². The zero-order valence-corrected chi connectivity index (χ0v) is 11.3. The lowest BCUT2D eigenvalue weighted by molar-refractivity contribution is 0.333. The van der Waals surface area contributed by atoms with Gasteiger partial charge in [-0.15, -0.1) is 0 Å². The van der Waals surface area contributed by atoms with Crippen molar-refractivity contribution in [3.8, 4) is 0 Å². The van der Waals surface area contributed by atoms with Gasteiger partial charge in [0.15, 0.2) is 0 Å². The highest BCUT2D eigenvalue weighted by Gasteiger charge is 2.16. The third-order valence-corrected chi connectivity index (χ3v) is 3.04. The lowest BCUT2D eigenvalue weighted by atomic mass is 9.87. The van der Waals surface area contributed by atoms with E-state index in [0.717, 1.165) is 18.4 Å². The van der Waals surface area contributed by atoms with Crippen LogP contribution in [0.5, 0.6) is 0 Å². The molecule has 0 radical (unpaired) electrons. The Labute approximate surface area is 107 Å². The number of hydrogen-bond donors (Lipinski definition) is 2. The Morgan fingerprint density at radius 2 is 2.06 bits per heavy atom. The highest BCUT2D eigenvalue weighted by molar-refractivity contribution is 6.30. The normalized spacial score (nSPS) is 13.8. The third kappa shape index (κ3) is 4.62. The SMILES string of the molecule is CC(C)(C)CCC(NN)c1ccc(Cl)c(F)c1. The summed E-state index contributed by atoms with van der Waals surface area (Å²) in [6.07, 6.45) is 1.87. The smallest absolute Gasteiger partial charge is 0.142 e. The molecule has 0 aromatic heterocycles. The Balaban J connectivity index is 2.76. The molecule has 0 saturated carbocycles. The molecule has 2 nitrogen and oxygen atoms in total. The van der Waals surface area contributed by atoms with E-state index in [-0.39, 0.29) is 16.5 Å². The predicted molar refractivity (Wildman–Crippen MR) is 70.2 cm³/mol. The molecule has 17 heavy (non-hydrogen) atoms. The largest absolute Gasteiger partial charge is 0.271 e. The maximum Gasteiger partial charge on any atom is 0.142 e. The molecule has 1 aromatic rings. The number of halogens is 2. The van der Waals surface area contributed by atoms with Crippen LogP contribution < -0.4 is 11.3 Å². The Morgan fingerprint density at radius 1 is 1.41 bits per heavy atom. The van der Waals surface area contributed by atoms with Crippen LogP contribution in [0.3, 0.4) is 0 Å². The Hall–Kier alpha value is -0.640. The van der Waals surface area contributed by atoms with Gasteiger partial charge in [0, 0.05) is 6.04 Å². The molecule has 0 aliphatic rings. The van der Waals surface area contributed by atoms with Crippen LogP contribution in [0.4, 0.5) is 4.39 Å². The standard InChI is InChI=1S/C13H20ClFN2/c1-13(2,3)7-6-12(17-16)9-4-5-10(14)11(15)8-9/h4-5,8,12,17H,6-7,16H2,1-3H3. The van der Waals surface area contributed by atoms with E-state index in [0.29, 0.717) is 0 Å². The Kier molecular flexibility index (Phi) is 4.92. The zero-order valence-electron chi connectivity index (χ0n) is 10.6. The summed E-state index contributed by atoms with van der Waals surface area (Å²) in [5.41, 5.74) is 3.80. The van der Waals surface area contributed by atoms with Crippen molar-refractivity contribution in [3.63, 3.8) is 0 Å². The number of rotatable bonds is 4. The summed E-state index contributed by atoms with van der Waals surface area (Å²) >= 11 is 5.65. The van der Waals surface area contributed by atoms with Crippen LogP contribution >= 0.6 is 11.6 Å². The Bertz CT molecular complexity index is 374. The van der Waals surface area contributed by atoms with Crippen molar-refractivity contribution in [3.05, 3.63) is 34.6 Å². The van der Waals surface area contributed by atoms with Crippen LogP contribution in [0.1, 0.15) is 45.2 Å². The lowest BCUT2D eigenvalue weighted by Crippen LogP contribution is -2.29. The van der Waals surface area contributed by atoms with Gasteiger partial charge in [0.1, 0.15) is 5.82 Å². The molecular weight excluding hydrogens is 239 g/mol. The van der Waals surface area contributed by atoms with Gasteiger partial charge >= 0.3 is 0 Å². The zero-order chi connectivity index (χ0) is 13.1. The monoisotopic (exact) mass is 258 g/mol. The number of benzene rings is 1. The minimum Gasteiger partial charge on any atom is -0.271 e. The molecule has 1 aromatic carbocycles. The fourth-order valence-corrected chi connectivity index (χ4v) is 1.77. The molecule has 0 fully saturated rings. The van der Waals surface area contributed by atoms with Crippen LogP contribution in [0.15, 0.2) is 18.2 Å². The van der Waals surface area contributed by atoms with Crippen molar-refractivity contribution in [1.29, 1.82) is 0 Å². The number of hydrogen-bond acceptors (Lipinski definition) is 2. The molecule has 0 aliphatic heterocycles. The van der Waals surface area contributed by atoms with Crippen LogP contribution in [0, 0.1) is 11.2 Å². The van der Waals surface area contributed by atoms with Crippen molar-refractivity contribution in [2.45, 2.75) is 39.7 Å². The van der Waals surface area contributed by atoms with E-state index in [1.54, 1.807) is 12.1 Å². The van der Waals surface area contributed by atoms with Gasteiger partial charge < -0.3 is 0 Å². The Morgan fingerprint density at radius 3 is 2.53 bits per heavy atom. The van der Waals surface area contributed by atoms with Gasteiger partial charge in [-0.2, -0.15) is 0 Å². The highest BCUT2D eigenvalue weighted by Crippen LogP contribution is 2.28. The number of nitrogens with two attached hydrogens (primary N) is 1. The lowest BCUT2D eigenvalue weighted by Gasteiger charge is -2.23. The molecule has 4 heteroatoms. The average Bonchev–Trinajstić information content (AvgIpc) is 2.22. The molecule has 96 valence electrons. The fourth-order valence-electron chi connectivity index (χ4n) is 1.65. The van der Waals surface area contributed by atoms with Gasteiger partial charge in [-0.1, -0.05) is 38.4 Å². The van der Waals surface area contributed by atoms with E-state index in [1.807, 2.05) is 0 Å². The van der Waals surface area contributed by atoms with Gasteiger partial charge in [-0.05, 0) is 36.0 Å². The molecule has 3 N–H and O–H groups in total. The van der Waals surface area contributed by atoms with E-state index >= 15 is 0 Å². The highest BCUT2D eigenvalue weighted by atomic mass is 35.5. The van der Waals surface area contributed by atoms with Gasteiger partial charge in [0.25, 0.3) is 0 Å². The first-order valence-corrected chi connectivity index (χ1v) is 6.12. The molecule has 1 rings (SSSR count). The topological polar surface area (TPSA) is 38.0 Å². The minimum atomic E-state index is -0.403. The van der Waals surface area contributed by atoms with Gasteiger partial charge in [0.05, 0.1) is 5.02 Å². The van der Waals surface area contributed by atoms with Crippen molar-refractivity contribution in [2.24, 2.45) is 11.3 Å². The maximum atomic E-state index is 13.3. The molecule has 0 saturated heterocycles. The van der Waals surface area contributed by atoms with E-state index in [9.17, 15) is 4.39 Å². The number of hydrazine groups is 1. The average molecular weight is 259 g/mol. The summed E-state index contributed by atoms with van der Waals surface area (Å²) in [5.74, 6) is 5.11. The van der Waals surface area contributed by atoms with Crippen LogP contribution in [-0.4, -0.2) is 0 Å². The molecule has 0 amide bonds.